The van der Waals surface area contributed by atoms with Crippen LogP contribution in [0.2, 0.25) is 0 Å². The Morgan fingerprint density at radius 2 is 1.50 bits per heavy atom. The van der Waals surface area contributed by atoms with Crippen LogP contribution in [0.25, 0.3) is 0 Å². The predicted octanol–water partition coefficient (Wildman–Crippen LogP) is 2.45. The maximum absolute atomic E-state index is 11.3. The summed E-state index contributed by atoms with van der Waals surface area (Å²) in [5, 5.41) is 8.25. The van der Waals surface area contributed by atoms with Gasteiger partial charge in [0.2, 0.25) is 5.91 Å². The molecule has 0 aromatic carbocycles. The van der Waals surface area contributed by atoms with Crippen molar-refractivity contribution in [2.75, 3.05) is 0 Å². The van der Waals surface area contributed by atoms with Crippen LogP contribution < -0.4 is 5.48 Å². The molecule has 0 saturated carbocycles. The molecule has 0 radical (unpaired) electrons. The number of hydrogen-bond acceptors (Lipinski definition) is 3. The number of Topliss-reactive ketones (excluding diaryl/α,β-unsaturated/α-hetero) is 1. The van der Waals surface area contributed by atoms with Crippen LogP contribution in [-0.2, 0) is 9.59 Å². The maximum atomic E-state index is 11.3. The minimum atomic E-state index is -0.324. The number of hydroxylamine groups is 1. The highest BCUT2D eigenvalue weighted by molar-refractivity contribution is 5.80. The lowest BCUT2D eigenvalue weighted by molar-refractivity contribution is -0.129. The van der Waals surface area contributed by atoms with Crippen molar-refractivity contribution in [3.05, 3.63) is 0 Å². The van der Waals surface area contributed by atoms with Crippen molar-refractivity contribution in [2.24, 2.45) is 5.92 Å². The summed E-state index contributed by atoms with van der Waals surface area (Å²) < 4.78 is 0. The third-order valence-electron chi connectivity index (χ3n) is 2.60. The summed E-state index contributed by atoms with van der Waals surface area (Å²) in [4.78, 5) is 21.9. The fourth-order valence-corrected chi connectivity index (χ4v) is 1.46. The zero-order valence-corrected chi connectivity index (χ0v) is 10.3. The van der Waals surface area contributed by atoms with Gasteiger partial charge in [0.1, 0.15) is 5.78 Å². The fourth-order valence-electron chi connectivity index (χ4n) is 1.46. The molecule has 0 heterocycles. The van der Waals surface area contributed by atoms with Gasteiger partial charge in [-0.1, -0.05) is 33.1 Å². The van der Waals surface area contributed by atoms with Gasteiger partial charge < -0.3 is 0 Å². The monoisotopic (exact) mass is 229 g/mol. The molecule has 0 rings (SSSR count). The Bertz CT molecular complexity index is 214. The summed E-state index contributed by atoms with van der Waals surface area (Å²) in [6.07, 6.45) is 5.86. The van der Waals surface area contributed by atoms with Crippen molar-refractivity contribution < 1.29 is 14.8 Å². The third-order valence-corrected chi connectivity index (χ3v) is 2.60. The van der Waals surface area contributed by atoms with Gasteiger partial charge in [0.05, 0.1) is 0 Å². The van der Waals surface area contributed by atoms with Crippen LogP contribution in [0.15, 0.2) is 0 Å². The second kappa shape index (κ2) is 9.33. The predicted molar refractivity (Wildman–Crippen MR) is 62.1 cm³/mol. The van der Waals surface area contributed by atoms with E-state index in [9.17, 15) is 9.59 Å². The molecule has 0 spiro atoms. The zero-order chi connectivity index (χ0) is 12.4. The third kappa shape index (κ3) is 8.41. The molecule has 0 bridgehead atoms. The van der Waals surface area contributed by atoms with Crippen LogP contribution in [-0.4, -0.2) is 16.9 Å². The summed E-state index contributed by atoms with van der Waals surface area (Å²) in [7, 11) is 0. The van der Waals surface area contributed by atoms with Crippen LogP contribution in [0, 0.1) is 5.92 Å². The quantitative estimate of drug-likeness (QED) is 0.362. The van der Waals surface area contributed by atoms with Crippen molar-refractivity contribution in [3.8, 4) is 0 Å². The average molecular weight is 229 g/mol. The Hall–Kier alpha value is -0.900. The van der Waals surface area contributed by atoms with Crippen LogP contribution in [0.5, 0.6) is 0 Å². The summed E-state index contributed by atoms with van der Waals surface area (Å²) in [5.41, 5.74) is 1.61. The lowest BCUT2D eigenvalue weighted by atomic mass is 10.0. The first-order valence-corrected chi connectivity index (χ1v) is 6.03. The molecule has 0 aromatic rings. The first-order valence-electron chi connectivity index (χ1n) is 6.03. The van der Waals surface area contributed by atoms with Gasteiger partial charge in [-0.3, -0.25) is 14.8 Å². The molecule has 0 aromatic heterocycles. The SMILES string of the molecule is CC(C)C(=O)CCCCCCCC(=O)NO. The van der Waals surface area contributed by atoms with E-state index in [-0.39, 0.29) is 11.8 Å². The van der Waals surface area contributed by atoms with Crippen molar-refractivity contribution in [1.29, 1.82) is 0 Å². The molecule has 16 heavy (non-hydrogen) atoms. The molecular formula is C12H23NO3. The number of carbonyl (C=O) groups is 2. The first-order chi connectivity index (χ1) is 7.57. The average Bonchev–Trinajstić information content (AvgIpc) is 2.26. The Kier molecular flexibility index (Phi) is 8.81. The molecule has 0 aliphatic rings. The molecule has 4 nitrogen and oxygen atoms in total. The van der Waals surface area contributed by atoms with Crippen LogP contribution in [0.3, 0.4) is 0 Å². The van der Waals surface area contributed by atoms with Gasteiger partial charge in [-0.25, -0.2) is 5.48 Å². The van der Waals surface area contributed by atoms with Crippen molar-refractivity contribution in [3.63, 3.8) is 0 Å². The molecule has 0 unspecified atom stereocenters. The van der Waals surface area contributed by atoms with Crippen molar-refractivity contribution in [1.82, 2.24) is 5.48 Å². The van der Waals surface area contributed by atoms with E-state index in [1.54, 1.807) is 5.48 Å². The van der Waals surface area contributed by atoms with Gasteiger partial charge in [0.25, 0.3) is 0 Å². The lowest BCUT2D eigenvalue weighted by Crippen LogP contribution is -2.17. The minimum absolute atomic E-state index is 0.147. The van der Waals surface area contributed by atoms with Crippen LogP contribution in [0.1, 0.15) is 58.8 Å². The van der Waals surface area contributed by atoms with Gasteiger partial charge in [0.15, 0.2) is 0 Å². The normalized spacial score (nSPS) is 10.5. The lowest BCUT2D eigenvalue weighted by Gasteiger charge is -2.03. The summed E-state index contributed by atoms with van der Waals surface area (Å²) in [6, 6.07) is 0. The summed E-state index contributed by atoms with van der Waals surface area (Å²) >= 11 is 0. The largest absolute Gasteiger partial charge is 0.299 e. The van der Waals surface area contributed by atoms with E-state index in [1.165, 1.54) is 0 Å². The van der Waals surface area contributed by atoms with Gasteiger partial charge in [-0.15, -0.1) is 0 Å². The van der Waals surface area contributed by atoms with Gasteiger partial charge in [-0.2, -0.15) is 0 Å². The molecule has 0 aliphatic heterocycles. The number of unbranched alkanes of at least 4 members (excludes halogenated alkanes) is 4. The van der Waals surface area contributed by atoms with E-state index < -0.39 is 0 Å². The Morgan fingerprint density at radius 1 is 1.00 bits per heavy atom. The minimum Gasteiger partial charge on any atom is -0.299 e. The Morgan fingerprint density at radius 3 is 2.00 bits per heavy atom. The highest BCUT2D eigenvalue weighted by Crippen LogP contribution is 2.09. The summed E-state index contributed by atoms with van der Waals surface area (Å²) in [5.74, 6) is 0.155. The van der Waals surface area contributed by atoms with E-state index in [0.29, 0.717) is 18.6 Å². The standard InChI is InChI=1S/C12H23NO3/c1-10(2)11(14)8-6-4-3-5-7-9-12(15)13-16/h10,16H,3-9H2,1-2H3,(H,13,15). The van der Waals surface area contributed by atoms with E-state index in [4.69, 9.17) is 5.21 Å². The molecule has 94 valence electrons. The van der Waals surface area contributed by atoms with Gasteiger partial charge in [-0.05, 0) is 12.8 Å². The topological polar surface area (TPSA) is 66.4 Å². The van der Waals surface area contributed by atoms with Crippen LogP contribution >= 0.6 is 0 Å². The van der Waals surface area contributed by atoms with Gasteiger partial charge in [0, 0.05) is 18.8 Å². The fraction of sp³-hybridized carbons (Fsp3) is 0.833. The Labute approximate surface area is 97.4 Å². The number of nitrogens with one attached hydrogen (secondary N) is 1. The Balaban J connectivity index is 3.22. The molecule has 2 N–H and O–H groups in total. The van der Waals surface area contributed by atoms with Crippen molar-refractivity contribution in [2.45, 2.75) is 58.8 Å². The summed E-state index contributed by atoms with van der Waals surface area (Å²) in [6.45, 7) is 3.85. The zero-order valence-electron chi connectivity index (χ0n) is 10.3. The number of rotatable bonds is 9. The molecule has 0 aliphatic carbocycles. The first kappa shape index (κ1) is 15.1. The maximum Gasteiger partial charge on any atom is 0.243 e. The second-order valence-corrected chi connectivity index (χ2v) is 4.42. The number of carbonyl (C=O) groups excluding carboxylic acids is 2. The highest BCUT2D eigenvalue weighted by atomic mass is 16.5. The number of ketones is 1. The molecule has 0 saturated heterocycles. The number of hydrogen-bond donors (Lipinski definition) is 2. The second-order valence-electron chi connectivity index (χ2n) is 4.42. The highest BCUT2D eigenvalue weighted by Gasteiger charge is 2.05. The molecule has 0 fully saturated rings. The van der Waals surface area contributed by atoms with Crippen LogP contribution in [0.4, 0.5) is 0 Å². The molecule has 1 amide bonds. The molecular weight excluding hydrogens is 206 g/mol. The molecule has 4 heteroatoms. The van der Waals surface area contributed by atoms with Gasteiger partial charge >= 0.3 is 0 Å². The van der Waals surface area contributed by atoms with E-state index in [0.717, 1.165) is 32.1 Å². The molecule has 0 atom stereocenters. The van der Waals surface area contributed by atoms with Crippen molar-refractivity contribution >= 4 is 11.7 Å². The smallest absolute Gasteiger partial charge is 0.243 e. The van der Waals surface area contributed by atoms with E-state index in [1.807, 2.05) is 13.8 Å². The van der Waals surface area contributed by atoms with E-state index in [2.05, 4.69) is 0 Å². The van der Waals surface area contributed by atoms with E-state index >= 15 is 0 Å². The number of amides is 1.